The quantitative estimate of drug-likeness (QED) is 0.0639. The monoisotopic (exact) mass is 772 g/mol. The van der Waals surface area contributed by atoms with Crippen molar-refractivity contribution in [3.8, 4) is 5.75 Å². The van der Waals surface area contributed by atoms with Crippen LogP contribution in [0.15, 0.2) is 24.3 Å². The molecule has 2 rings (SSSR count). The Kier molecular flexibility index (Phi) is 22.8. The molecular weight excluding hydrogens is 712 g/mol. The first-order valence-corrected chi connectivity index (χ1v) is 18.3. The van der Waals surface area contributed by atoms with Crippen LogP contribution >= 0.6 is 0 Å². The summed E-state index contributed by atoms with van der Waals surface area (Å²) >= 11 is 0. The SMILES string of the molecule is CCOCCOCCOc1ccc(CCC[C@@H](C(=O)O)N2CCN([C@H](CO)C(=O)OC)CCN([C@H](CO)C(=O)OC)CCN([C@@H](CO)C(=O)O)CC2)cc1. The maximum Gasteiger partial charge on any atom is 0.325 e. The van der Waals surface area contributed by atoms with Gasteiger partial charge in [-0.3, -0.25) is 38.8 Å². The molecule has 18 heteroatoms. The number of rotatable bonds is 23. The largest absolute Gasteiger partial charge is 0.491 e. The molecule has 0 amide bonds. The van der Waals surface area contributed by atoms with E-state index in [9.17, 15) is 44.7 Å². The van der Waals surface area contributed by atoms with Gasteiger partial charge in [-0.15, -0.1) is 0 Å². The fourth-order valence-electron chi connectivity index (χ4n) is 6.32. The van der Waals surface area contributed by atoms with Crippen molar-refractivity contribution >= 4 is 23.9 Å². The second-order valence-corrected chi connectivity index (χ2v) is 12.7. The van der Waals surface area contributed by atoms with E-state index >= 15 is 0 Å². The molecule has 1 aromatic carbocycles. The number of aliphatic hydroxyl groups excluding tert-OH is 3. The molecule has 0 spiro atoms. The smallest absolute Gasteiger partial charge is 0.325 e. The van der Waals surface area contributed by atoms with Crippen LogP contribution in [0, 0.1) is 0 Å². The van der Waals surface area contributed by atoms with E-state index in [0.717, 1.165) is 5.56 Å². The Hall–Kier alpha value is -3.46. The van der Waals surface area contributed by atoms with Crippen LogP contribution in [0.2, 0.25) is 0 Å². The number of aliphatic carboxylic acids is 2. The van der Waals surface area contributed by atoms with E-state index in [1.54, 1.807) is 14.7 Å². The van der Waals surface area contributed by atoms with Crippen molar-refractivity contribution < 1.29 is 68.4 Å². The molecule has 1 aliphatic heterocycles. The van der Waals surface area contributed by atoms with E-state index in [1.165, 1.54) is 19.1 Å². The number of aliphatic hydroxyl groups is 3. The number of aryl methyl sites for hydroxylation is 1. The summed E-state index contributed by atoms with van der Waals surface area (Å²) in [6.07, 6.45) is 1.34. The molecule has 0 aromatic heterocycles. The maximum atomic E-state index is 12.8. The normalized spacial score (nSPS) is 18.0. The van der Waals surface area contributed by atoms with Gasteiger partial charge in [0.2, 0.25) is 0 Å². The van der Waals surface area contributed by atoms with Gasteiger partial charge in [0.25, 0.3) is 0 Å². The fraction of sp³-hybridized carbons (Fsp3) is 0.722. The third-order valence-corrected chi connectivity index (χ3v) is 9.44. The zero-order chi connectivity index (χ0) is 39.9. The maximum absolute atomic E-state index is 12.8. The van der Waals surface area contributed by atoms with Crippen LogP contribution in [0.4, 0.5) is 0 Å². The Morgan fingerprint density at radius 2 is 1.02 bits per heavy atom. The van der Waals surface area contributed by atoms with E-state index < -0.39 is 67.9 Å². The molecule has 1 saturated heterocycles. The first-order valence-electron chi connectivity index (χ1n) is 18.3. The Morgan fingerprint density at radius 1 is 0.611 bits per heavy atom. The van der Waals surface area contributed by atoms with Crippen LogP contribution in [0.1, 0.15) is 25.3 Å². The number of benzene rings is 1. The summed E-state index contributed by atoms with van der Waals surface area (Å²) in [6.45, 7) is 3.05. The molecule has 0 saturated carbocycles. The Labute approximate surface area is 317 Å². The first kappa shape index (κ1) is 46.7. The number of methoxy groups -OCH3 is 2. The minimum atomic E-state index is -1.32. The number of ether oxygens (including phenoxy) is 5. The van der Waals surface area contributed by atoms with Gasteiger partial charge in [-0.25, -0.2) is 0 Å². The zero-order valence-electron chi connectivity index (χ0n) is 31.8. The number of carboxylic acid groups (broad SMARTS) is 2. The lowest BCUT2D eigenvalue weighted by atomic mass is 10.0. The average molecular weight is 773 g/mol. The fourth-order valence-corrected chi connectivity index (χ4v) is 6.32. The number of hydrogen-bond donors (Lipinski definition) is 5. The third kappa shape index (κ3) is 15.7. The van der Waals surface area contributed by atoms with Gasteiger partial charge in [-0.1, -0.05) is 12.1 Å². The molecule has 1 heterocycles. The molecule has 5 N–H and O–H groups in total. The average Bonchev–Trinajstić information content (AvgIpc) is 3.16. The van der Waals surface area contributed by atoms with Crippen LogP contribution in [0.25, 0.3) is 0 Å². The second-order valence-electron chi connectivity index (χ2n) is 12.7. The molecule has 1 aromatic rings. The van der Waals surface area contributed by atoms with E-state index in [-0.39, 0.29) is 58.8 Å². The summed E-state index contributed by atoms with van der Waals surface area (Å²) in [5.74, 6) is -3.10. The highest BCUT2D eigenvalue weighted by Crippen LogP contribution is 2.18. The van der Waals surface area contributed by atoms with Crippen molar-refractivity contribution in [1.82, 2.24) is 19.6 Å². The molecule has 0 radical (unpaired) electrons. The van der Waals surface area contributed by atoms with Crippen molar-refractivity contribution in [2.24, 2.45) is 0 Å². The van der Waals surface area contributed by atoms with Crippen LogP contribution in [0.5, 0.6) is 5.75 Å². The molecule has 0 bridgehead atoms. The number of esters is 2. The number of carbonyl (C=O) groups is 4. The minimum Gasteiger partial charge on any atom is -0.491 e. The predicted molar refractivity (Wildman–Crippen MR) is 194 cm³/mol. The molecule has 0 aliphatic carbocycles. The summed E-state index contributed by atoms with van der Waals surface area (Å²) in [4.78, 5) is 56.7. The highest BCUT2D eigenvalue weighted by molar-refractivity contribution is 5.76. The van der Waals surface area contributed by atoms with Gasteiger partial charge in [0.15, 0.2) is 0 Å². The van der Waals surface area contributed by atoms with Crippen molar-refractivity contribution in [3.63, 3.8) is 0 Å². The predicted octanol–water partition coefficient (Wildman–Crippen LogP) is -1.37. The lowest BCUT2D eigenvalue weighted by Crippen LogP contribution is -2.57. The van der Waals surface area contributed by atoms with E-state index in [1.807, 2.05) is 31.2 Å². The van der Waals surface area contributed by atoms with Gasteiger partial charge in [-0.05, 0) is 43.9 Å². The molecule has 0 unspecified atom stereocenters. The summed E-state index contributed by atoms with van der Waals surface area (Å²) < 4.78 is 26.2. The van der Waals surface area contributed by atoms with Gasteiger partial charge in [0.1, 0.15) is 36.5 Å². The molecule has 308 valence electrons. The van der Waals surface area contributed by atoms with Crippen LogP contribution in [-0.4, -0.2) is 213 Å². The van der Waals surface area contributed by atoms with Crippen LogP contribution < -0.4 is 4.74 Å². The Bertz CT molecular complexity index is 1240. The highest BCUT2D eigenvalue weighted by atomic mass is 16.5. The second kappa shape index (κ2) is 26.4. The van der Waals surface area contributed by atoms with Crippen molar-refractivity contribution in [2.75, 3.05) is 119 Å². The summed E-state index contributed by atoms with van der Waals surface area (Å²) in [7, 11) is 2.37. The third-order valence-electron chi connectivity index (χ3n) is 9.44. The first-order chi connectivity index (χ1) is 26.0. The summed E-state index contributed by atoms with van der Waals surface area (Å²) in [5.41, 5.74) is 0.985. The molecule has 1 aliphatic rings. The molecule has 4 atom stereocenters. The zero-order valence-corrected chi connectivity index (χ0v) is 31.8. The van der Waals surface area contributed by atoms with E-state index in [0.29, 0.717) is 51.6 Å². The van der Waals surface area contributed by atoms with Gasteiger partial charge in [0, 0.05) is 59.0 Å². The lowest BCUT2D eigenvalue weighted by Gasteiger charge is -2.39. The standard InChI is InChI=1S/C36H60N4O14/c1-4-52-20-21-53-22-23-54-28-10-8-27(9-11-28)6-5-7-29(33(44)45)37-12-14-38(30(24-41)34(46)47)15-17-40(32(26-43)36(49)51-3)19-18-39(16-13-37)31(25-42)35(48)50-2/h8-11,29-32,41-43H,4-7,12-26H2,1-3H3,(H,44,45)(H,46,47)/t29-,30-,31+,32+/m0/s1. The van der Waals surface area contributed by atoms with Crippen molar-refractivity contribution in [2.45, 2.75) is 50.4 Å². The van der Waals surface area contributed by atoms with Crippen molar-refractivity contribution in [3.05, 3.63) is 29.8 Å². The number of carboxylic acids is 2. The van der Waals surface area contributed by atoms with Gasteiger partial charge in [-0.2, -0.15) is 0 Å². The Morgan fingerprint density at radius 3 is 1.43 bits per heavy atom. The lowest BCUT2D eigenvalue weighted by molar-refractivity contribution is -0.152. The van der Waals surface area contributed by atoms with Gasteiger partial charge in [0.05, 0.1) is 53.9 Å². The van der Waals surface area contributed by atoms with Crippen molar-refractivity contribution in [1.29, 1.82) is 0 Å². The topological polar surface area (TPSA) is 229 Å². The molecule has 1 fully saturated rings. The van der Waals surface area contributed by atoms with Gasteiger partial charge >= 0.3 is 23.9 Å². The Balaban J connectivity index is 2.27. The highest BCUT2D eigenvalue weighted by Gasteiger charge is 2.34. The van der Waals surface area contributed by atoms with Gasteiger partial charge < -0.3 is 49.2 Å². The molecule has 18 nitrogen and oxygen atoms in total. The molecule has 54 heavy (non-hydrogen) atoms. The van der Waals surface area contributed by atoms with E-state index in [4.69, 9.17) is 23.7 Å². The molecular formula is C36H60N4O14. The number of nitrogens with zero attached hydrogens (tertiary/aromatic N) is 4. The number of hydrogen-bond acceptors (Lipinski definition) is 16. The summed E-state index contributed by atoms with van der Waals surface area (Å²) in [5, 5.41) is 50.7. The number of carbonyl (C=O) groups excluding carboxylic acids is 2. The van der Waals surface area contributed by atoms with Crippen LogP contribution in [-0.2, 0) is 44.5 Å². The van der Waals surface area contributed by atoms with Crippen LogP contribution in [0.3, 0.4) is 0 Å². The van der Waals surface area contributed by atoms with E-state index in [2.05, 4.69) is 0 Å². The minimum absolute atomic E-state index is 0.0255. The summed E-state index contributed by atoms with van der Waals surface area (Å²) in [6, 6.07) is 3.01.